The highest BCUT2D eigenvalue weighted by molar-refractivity contribution is 5.76. The van der Waals surface area contributed by atoms with Crippen molar-refractivity contribution in [2.45, 2.75) is 51.5 Å². The fourth-order valence-corrected chi connectivity index (χ4v) is 3.13. The van der Waals surface area contributed by atoms with Crippen molar-refractivity contribution in [1.29, 1.82) is 0 Å². The topological polar surface area (TPSA) is 43.8 Å². The summed E-state index contributed by atoms with van der Waals surface area (Å²) in [5.74, 6) is 2.02. The number of hydrogen-bond acceptors (Lipinski definition) is 2. The average molecular weight is 271 g/mol. The number of aryl methyl sites for hydroxylation is 1. The first-order chi connectivity index (χ1) is 9.83. The molecule has 108 valence electrons. The van der Waals surface area contributed by atoms with Crippen LogP contribution < -0.4 is 5.73 Å². The van der Waals surface area contributed by atoms with Crippen LogP contribution in [0, 0.1) is 5.92 Å². The van der Waals surface area contributed by atoms with Gasteiger partial charge in [0.25, 0.3) is 0 Å². The number of para-hydroxylation sites is 2. The Balaban J connectivity index is 1.81. The van der Waals surface area contributed by atoms with Gasteiger partial charge in [0.05, 0.1) is 11.0 Å². The third-order valence-corrected chi connectivity index (χ3v) is 4.51. The molecular weight excluding hydrogens is 246 g/mol. The minimum Gasteiger partial charge on any atom is -0.330 e. The number of hydrogen-bond donors (Lipinski definition) is 1. The SMILES string of the molecule is CCC(CCN)CCc1nc2ccccc2n1C1CC1. The minimum atomic E-state index is 0.701. The summed E-state index contributed by atoms with van der Waals surface area (Å²) in [5, 5.41) is 0. The van der Waals surface area contributed by atoms with Crippen LogP contribution in [0.25, 0.3) is 11.0 Å². The van der Waals surface area contributed by atoms with E-state index in [1.54, 1.807) is 0 Å². The molecule has 1 aliphatic carbocycles. The van der Waals surface area contributed by atoms with Crippen molar-refractivity contribution in [3.05, 3.63) is 30.1 Å². The Morgan fingerprint density at radius 1 is 1.30 bits per heavy atom. The summed E-state index contributed by atoms with van der Waals surface area (Å²) in [6.45, 7) is 3.07. The molecule has 0 saturated heterocycles. The summed E-state index contributed by atoms with van der Waals surface area (Å²) in [4.78, 5) is 4.87. The molecule has 1 atom stereocenters. The highest BCUT2D eigenvalue weighted by atomic mass is 15.1. The van der Waals surface area contributed by atoms with Crippen LogP contribution in [0.5, 0.6) is 0 Å². The van der Waals surface area contributed by atoms with E-state index >= 15 is 0 Å². The zero-order chi connectivity index (χ0) is 13.9. The second-order valence-electron chi connectivity index (χ2n) is 6.01. The summed E-state index contributed by atoms with van der Waals surface area (Å²) in [7, 11) is 0. The lowest BCUT2D eigenvalue weighted by molar-refractivity contribution is 0.435. The highest BCUT2D eigenvalue weighted by Crippen LogP contribution is 2.39. The van der Waals surface area contributed by atoms with E-state index in [0.29, 0.717) is 6.04 Å². The Kier molecular flexibility index (Phi) is 4.06. The van der Waals surface area contributed by atoms with Crippen molar-refractivity contribution in [2.24, 2.45) is 11.7 Å². The van der Waals surface area contributed by atoms with E-state index in [2.05, 4.69) is 35.8 Å². The lowest BCUT2D eigenvalue weighted by Gasteiger charge is -2.14. The van der Waals surface area contributed by atoms with Crippen molar-refractivity contribution >= 4 is 11.0 Å². The van der Waals surface area contributed by atoms with Gasteiger partial charge >= 0.3 is 0 Å². The molecule has 0 amide bonds. The molecule has 1 heterocycles. The summed E-state index contributed by atoms with van der Waals surface area (Å²) in [6.07, 6.45) is 7.29. The molecule has 1 aromatic carbocycles. The molecule has 1 unspecified atom stereocenters. The van der Waals surface area contributed by atoms with Crippen LogP contribution in [-0.2, 0) is 6.42 Å². The predicted molar refractivity (Wildman–Crippen MR) is 83.8 cm³/mol. The van der Waals surface area contributed by atoms with Crippen LogP contribution in [0.2, 0.25) is 0 Å². The second-order valence-corrected chi connectivity index (χ2v) is 6.01. The van der Waals surface area contributed by atoms with Gasteiger partial charge in [0.1, 0.15) is 5.82 Å². The van der Waals surface area contributed by atoms with E-state index < -0.39 is 0 Å². The van der Waals surface area contributed by atoms with Gasteiger partial charge in [-0.05, 0) is 50.3 Å². The molecular formula is C17H25N3. The molecule has 0 spiro atoms. The number of nitrogens with two attached hydrogens (primary N) is 1. The van der Waals surface area contributed by atoms with Crippen LogP contribution in [0.1, 0.15) is 50.9 Å². The smallest absolute Gasteiger partial charge is 0.110 e. The summed E-state index contributed by atoms with van der Waals surface area (Å²) in [6, 6.07) is 9.25. The first-order valence-electron chi connectivity index (χ1n) is 7.99. The standard InChI is InChI=1S/C17H25N3/c1-2-13(11-12-18)7-10-17-19-15-5-3-4-6-16(15)20(17)14-8-9-14/h3-6,13-14H,2,7-12,18H2,1H3. The Morgan fingerprint density at radius 3 is 2.80 bits per heavy atom. The molecule has 1 aromatic heterocycles. The Bertz CT molecular complexity index is 569. The molecule has 0 radical (unpaired) electrons. The number of imidazole rings is 1. The summed E-state index contributed by atoms with van der Waals surface area (Å²) >= 11 is 0. The zero-order valence-corrected chi connectivity index (χ0v) is 12.4. The van der Waals surface area contributed by atoms with Gasteiger partial charge in [0, 0.05) is 12.5 Å². The molecule has 1 fully saturated rings. The third kappa shape index (κ3) is 2.73. The van der Waals surface area contributed by atoms with Crippen molar-refractivity contribution in [3.63, 3.8) is 0 Å². The monoisotopic (exact) mass is 271 g/mol. The summed E-state index contributed by atoms with van der Waals surface area (Å²) in [5.41, 5.74) is 8.17. The maximum absolute atomic E-state index is 5.70. The zero-order valence-electron chi connectivity index (χ0n) is 12.4. The fourth-order valence-electron chi connectivity index (χ4n) is 3.13. The largest absolute Gasteiger partial charge is 0.330 e. The van der Waals surface area contributed by atoms with E-state index in [1.165, 1.54) is 37.0 Å². The van der Waals surface area contributed by atoms with Crippen LogP contribution in [0.3, 0.4) is 0 Å². The van der Waals surface area contributed by atoms with Crippen molar-refractivity contribution in [1.82, 2.24) is 9.55 Å². The lowest BCUT2D eigenvalue weighted by atomic mass is 9.96. The predicted octanol–water partition coefficient (Wildman–Crippen LogP) is 3.68. The van der Waals surface area contributed by atoms with Crippen LogP contribution >= 0.6 is 0 Å². The first-order valence-corrected chi connectivity index (χ1v) is 7.99. The molecule has 0 bridgehead atoms. The molecule has 3 rings (SSSR count). The van der Waals surface area contributed by atoms with Crippen LogP contribution in [-0.4, -0.2) is 16.1 Å². The Labute approximate surface area is 121 Å². The number of rotatable bonds is 7. The van der Waals surface area contributed by atoms with E-state index in [0.717, 1.165) is 30.8 Å². The van der Waals surface area contributed by atoms with Gasteiger partial charge in [-0.3, -0.25) is 0 Å². The van der Waals surface area contributed by atoms with E-state index in [1.807, 2.05) is 0 Å². The highest BCUT2D eigenvalue weighted by Gasteiger charge is 2.28. The van der Waals surface area contributed by atoms with Gasteiger partial charge in [-0.25, -0.2) is 4.98 Å². The third-order valence-electron chi connectivity index (χ3n) is 4.51. The maximum atomic E-state index is 5.70. The number of aromatic nitrogens is 2. The normalized spacial score (nSPS) is 16.7. The van der Waals surface area contributed by atoms with Gasteiger partial charge in [0.2, 0.25) is 0 Å². The molecule has 2 N–H and O–H groups in total. The average Bonchev–Trinajstić information content (AvgIpc) is 3.24. The van der Waals surface area contributed by atoms with Gasteiger partial charge in [0.15, 0.2) is 0 Å². The van der Waals surface area contributed by atoms with Crippen molar-refractivity contribution in [2.75, 3.05) is 6.54 Å². The van der Waals surface area contributed by atoms with Crippen LogP contribution in [0.4, 0.5) is 0 Å². The van der Waals surface area contributed by atoms with Gasteiger partial charge in [-0.1, -0.05) is 25.5 Å². The number of benzene rings is 1. The quantitative estimate of drug-likeness (QED) is 0.835. The lowest BCUT2D eigenvalue weighted by Crippen LogP contribution is -2.10. The Hall–Kier alpha value is -1.35. The van der Waals surface area contributed by atoms with Crippen LogP contribution in [0.15, 0.2) is 24.3 Å². The minimum absolute atomic E-state index is 0.701. The fraction of sp³-hybridized carbons (Fsp3) is 0.588. The van der Waals surface area contributed by atoms with E-state index in [9.17, 15) is 0 Å². The van der Waals surface area contributed by atoms with Gasteiger partial charge in [-0.2, -0.15) is 0 Å². The molecule has 0 aliphatic heterocycles. The Morgan fingerprint density at radius 2 is 2.10 bits per heavy atom. The number of nitrogens with zero attached hydrogens (tertiary/aromatic N) is 2. The van der Waals surface area contributed by atoms with Crippen molar-refractivity contribution < 1.29 is 0 Å². The number of fused-ring (bicyclic) bond motifs is 1. The molecule has 1 aliphatic rings. The molecule has 20 heavy (non-hydrogen) atoms. The van der Waals surface area contributed by atoms with E-state index in [-0.39, 0.29) is 0 Å². The summed E-state index contributed by atoms with van der Waals surface area (Å²) < 4.78 is 2.49. The van der Waals surface area contributed by atoms with Crippen molar-refractivity contribution in [3.8, 4) is 0 Å². The maximum Gasteiger partial charge on any atom is 0.110 e. The van der Waals surface area contributed by atoms with Gasteiger partial charge < -0.3 is 10.3 Å². The molecule has 2 aromatic rings. The molecule has 3 heteroatoms. The van der Waals surface area contributed by atoms with Gasteiger partial charge in [-0.15, -0.1) is 0 Å². The van der Waals surface area contributed by atoms with E-state index in [4.69, 9.17) is 10.7 Å². The molecule has 3 nitrogen and oxygen atoms in total. The first kappa shape index (κ1) is 13.6. The molecule has 1 saturated carbocycles. The second kappa shape index (κ2) is 5.96.